The Morgan fingerprint density at radius 3 is 2.53 bits per heavy atom. The lowest BCUT2D eigenvalue weighted by Gasteiger charge is -2.24. The normalized spacial score (nSPS) is 14.7. The Kier molecular flexibility index (Phi) is 6.18. The summed E-state index contributed by atoms with van der Waals surface area (Å²) in [5.41, 5.74) is 4.36. The molecule has 2 aromatic carbocycles. The van der Waals surface area contributed by atoms with Crippen molar-refractivity contribution in [1.82, 2.24) is 4.90 Å². The van der Waals surface area contributed by atoms with E-state index < -0.39 is 5.82 Å². The molecule has 182 valence electrons. The van der Waals surface area contributed by atoms with E-state index in [0.717, 1.165) is 16.9 Å². The van der Waals surface area contributed by atoms with E-state index in [0.29, 0.717) is 30.2 Å². The Labute approximate surface area is 200 Å². The highest BCUT2D eigenvalue weighted by atomic mass is 19.1. The molecule has 0 saturated heterocycles. The third-order valence-corrected chi connectivity index (χ3v) is 6.26. The van der Waals surface area contributed by atoms with Crippen LogP contribution in [0, 0.1) is 11.2 Å². The number of ketones is 1. The van der Waals surface area contributed by atoms with Gasteiger partial charge in [-0.05, 0) is 48.6 Å². The van der Waals surface area contributed by atoms with Crippen molar-refractivity contribution in [3.05, 3.63) is 46.3 Å². The van der Waals surface area contributed by atoms with Gasteiger partial charge in [-0.1, -0.05) is 20.8 Å². The van der Waals surface area contributed by atoms with E-state index >= 15 is 4.39 Å². The van der Waals surface area contributed by atoms with Crippen LogP contribution in [0.15, 0.2) is 18.2 Å². The van der Waals surface area contributed by atoms with Crippen molar-refractivity contribution in [1.29, 1.82) is 5.41 Å². The summed E-state index contributed by atoms with van der Waals surface area (Å²) >= 11 is 0. The highest BCUT2D eigenvalue weighted by Crippen LogP contribution is 2.42. The van der Waals surface area contributed by atoms with Crippen LogP contribution in [0.2, 0.25) is 0 Å². The monoisotopic (exact) mass is 468 g/mol. The summed E-state index contributed by atoms with van der Waals surface area (Å²) in [5.74, 6) is -0.388. The summed E-state index contributed by atoms with van der Waals surface area (Å²) in [6.45, 7) is 11.6. The smallest absolute Gasteiger partial charge is 0.197 e. The molecule has 0 amide bonds. The fourth-order valence-electron chi connectivity index (χ4n) is 4.57. The minimum Gasteiger partial charge on any atom is -0.490 e. The van der Waals surface area contributed by atoms with Gasteiger partial charge in [0.1, 0.15) is 5.84 Å². The Bertz CT molecular complexity index is 1160. The first kappa shape index (κ1) is 23.9. The van der Waals surface area contributed by atoms with E-state index in [-0.39, 0.29) is 48.0 Å². The first-order valence-electron chi connectivity index (χ1n) is 11.7. The number of nitrogens with one attached hydrogen (secondary N) is 2. The summed E-state index contributed by atoms with van der Waals surface area (Å²) in [6, 6.07) is 5.57. The van der Waals surface area contributed by atoms with Crippen LogP contribution in [-0.4, -0.2) is 50.0 Å². The van der Waals surface area contributed by atoms with Crippen LogP contribution in [0.25, 0.3) is 0 Å². The summed E-state index contributed by atoms with van der Waals surface area (Å²) in [5, 5.41) is 12.0. The average molecular weight is 469 g/mol. The van der Waals surface area contributed by atoms with Crippen LogP contribution in [0.1, 0.15) is 61.7 Å². The lowest BCUT2D eigenvalue weighted by Crippen LogP contribution is -2.30. The third-order valence-electron chi connectivity index (χ3n) is 6.26. The van der Waals surface area contributed by atoms with Gasteiger partial charge in [-0.3, -0.25) is 10.2 Å². The van der Waals surface area contributed by atoms with Gasteiger partial charge in [0.15, 0.2) is 23.1 Å². The zero-order valence-electron chi connectivity index (χ0n) is 20.8. The molecule has 2 aliphatic heterocycles. The van der Waals surface area contributed by atoms with E-state index in [1.165, 1.54) is 0 Å². The maximum Gasteiger partial charge on any atom is 0.197 e. The van der Waals surface area contributed by atoms with Crippen molar-refractivity contribution in [3.8, 4) is 11.5 Å². The Balaban J connectivity index is 1.64. The molecular formula is C26H33FN4O3. The Hall–Kier alpha value is -3.29. The van der Waals surface area contributed by atoms with Gasteiger partial charge in [0.05, 0.1) is 43.4 Å². The zero-order valence-corrected chi connectivity index (χ0v) is 20.8. The average Bonchev–Trinajstić information content (AvgIpc) is 3.29. The standard InChI is InChI=1S/C26H33FN4O3/c1-7-33-20-11-16-12-31(25(28)21(16)22(27)24(20)34-8-2)13-19(32)15-9-17(26(3,4)5)23-18(10-15)30(6)14-29-23/h9-11,28-29H,7-8,12-14H2,1-6H3. The molecule has 0 saturated carbocycles. The minimum absolute atomic E-state index is 0.0131. The van der Waals surface area contributed by atoms with Crippen LogP contribution >= 0.6 is 0 Å². The molecule has 0 aromatic heterocycles. The van der Waals surface area contributed by atoms with Crippen LogP contribution in [0.4, 0.5) is 15.8 Å². The molecule has 0 aliphatic carbocycles. The topological polar surface area (TPSA) is 77.9 Å². The molecule has 0 atom stereocenters. The number of carbonyl (C=O) groups excluding carboxylic acids is 1. The maximum atomic E-state index is 15.3. The van der Waals surface area contributed by atoms with E-state index in [4.69, 9.17) is 14.9 Å². The fraction of sp³-hybridized carbons (Fsp3) is 0.462. The second-order valence-electron chi connectivity index (χ2n) is 9.75. The van der Waals surface area contributed by atoms with Gasteiger partial charge in [0, 0.05) is 19.2 Å². The van der Waals surface area contributed by atoms with Crippen molar-refractivity contribution >= 4 is 23.0 Å². The third kappa shape index (κ3) is 4.06. The first-order valence-corrected chi connectivity index (χ1v) is 11.7. The van der Waals surface area contributed by atoms with Gasteiger partial charge in [-0.25, -0.2) is 4.39 Å². The van der Waals surface area contributed by atoms with Crippen LogP contribution in [0.5, 0.6) is 11.5 Å². The summed E-state index contributed by atoms with van der Waals surface area (Å²) in [4.78, 5) is 17.1. The Morgan fingerprint density at radius 2 is 1.88 bits per heavy atom. The van der Waals surface area contributed by atoms with Crippen molar-refractivity contribution in [2.45, 2.75) is 46.6 Å². The first-order chi connectivity index (χ1) is 16.1. The summed E-state index contributed by atoms with van der Waals surface area (Å²) in [7, 11) is 1.99. The highest BCUT2D eigenvalue weighted by Gasteiger charge is 2.34. The second-order valence-corrected chi connectivity index (χ2v) is 9.75. The van der Waals surface area contributed by atoms with Crippen molar-refractivity contribution in [3.63, 3.8) is 0 Å². The highest BCUT2D eigenvalue weighted by molar-refractivity contribution is 6.06. The number of hydrogen-bond acceptors (Lipinski definition) is 6. The van der Waals surface area contributed by atoms with Gasteiger partial charge in [0.25, 0.3) is 0 Å². The molecule has 0 spiro atoms. The Morgan fingerprint density at radius 1 is 1.18 bits per heavy atom. The lowest BCUT2D eigenvalue weighted by atomic mass is 9.84. The molecule has 4 rings (SSSR count). The maximum absolute atomic E-state index is 15.3. The summed E-state index contributed by atoms with van der Waals surface area (Å²) in [6.07, 6.45) is 0. The molecule has 0 fully saturated rings. The quantitative estimate of drug-likeness (QED) is 0.571. The number of amidine groups is 1. The molecule has 2 N–H and O–H groups in total. The molecule has 2 aromatic rings. The van der Waals surface area contributed by atoms with Crippen LogP contribution in [-0.2, 0) is 12.0 Å². The van der Waals surface area contributed by atoms with Crippen molar-refractivity contribution in [2.24, 2.45) is 0 Å². The molecule has 2 heterocycles. The molecule has 0 radical (unpaired) electrons. The lowest BCUT2D eigenvalue weighted by molar-refractivity contribution is 0.0962. The molecule has 34 heavy (non-hydrogen) atoms. The number of carbonyl (C=O) groups is 1. The minimum atomic E-state index is -0.608. The molecule has 0 bridgehead atoms. The molecule has 8 heteroatoms. The molecular weight excluding hydrogens is 435 g/mol. The molecule has 2 aliphatic rings. The fourth-order valence-corrected chi connectivity index (χ4v) is 4.57. The van der Waals surface area contributed by atoms with Crippen LogP contribution < -0.4 is 19.7 Å². The molecule has 0 unspecified atom stereocenters. The van der Waals surface area contributed by atoms with E-state index in [1.54, 1.807) is 17.9 Å². The number of rotatable bonds is 7. The summed E-state index contributed by atoms with van der Waals surface area (Å²) < 4.78 is 26.4. The van der Waals surface area contributed by atoms with Crippen LogP contribution in [0.3, 0.4) is 0 Å². The number of fused-ring (bicyclic) bond motifs is 2. The predicted octanol–water partition coefficient (Wildman–Crippen LogP) is 4.76. The predicted molar refractivity (Wildman–Crippen MR) is 132 cm³/mol. The van der Waals surface area contributed by atoms with E-state index in [9.17, 15) is 4.79 Å². The van der Waals surface area contributed by atoms with E-state index in [2.05, 4.69) is 31.0 Å². The van der Waals surface area contributed by atoms with Gasteiger partial charge < -0.3 is 24.6 Å². The van der Waals surface area contributed by atoms with Crippen molar-refractivity contribution in [2.75, 3.05) is 43.7 Å². The number of Topliss-reactive ketones (excluding diaryl/α,β-unsaturated/α-hetero) is 1. The number of halogens is 1. The number of hydrogen-bond donors (Lipinski definition) is 2. The van der Waals surface area contributed by atoms with Gasteiger partial charge in [-0.15, -0.1) is 0 Å². The second kappa shape index (κ2) is 8.81. The van der Waals surface area contributed by atoms with Gasteiger partial charge >= 0.3 is 0 Å². The zero-order chi connectivity index (χ0) is 24.8. The molecule has 7 nitrogen and oxygen atoms in total. The van der Waals surface area contributed by atoms with E-state index in [1.807, 2.05) is 26.1 Å². The number of benzene rings is 2. The van der Waals surface area contributed by atoms with Gasteiger partial charge in [-0.2, -0.15) is 0 Å². The largest absolute Gasteiger partial charge is 0.490 e. The van der Waals surface area contributed by atoms with Gasteiger partial charge in [0.2, 0.25) is 0 Å². The SMILES string of the molecule is CCOc1cc2c(c(F)c1OCC)C(=N)N(CC(=O)c1cc3c(c(C(C)(C)C)c1)NCN3C)C2. The number of anilines is 2. The van der Waals surface area contributed by atoms with Crippen molar-refractivity contribution < 1.29 is 18.7 Å². The number of ether oxygens (including phenoxy) is 2. The number of nitrogens with zero attached hydrogens (tertiary/aromatic N) is 2.